The van der Waals surface area contributed by atoms with Crippen molar-refractivity contribution in [3.8, 4) is 0 Å². The lowest BCUT2D eigenvalue weighted by atomic mass is 9.89. The zero-order valence-corrected chi connectivity index (χ0v) is 16.3. The lowest BCUT2D eigenvalue weighted by molar-refractivity contribution is 0.187. The van der Waals surface area contributed by atoms with Crippen molar-refractivity contribution in [2.75, 3.05) is 26.3 Å². The molecule has 2 rings (SSSR count). The van der Waals surface area contributed by atoms with Crippen LogP contribution in [0, 0.1) is 11.3 Å². The molecular weight excluding hydrogens is 314 g/mol. The van der Waals surface area contributed by atoms with Crippen molar-refractivity contribution >= 4 is 5.96 Å². The minimum absolute atomic E-state index is 0.362. The molecular formula is C20H35N3O2. The molecule has 2 heterocycles. The predicted octanol–water partition coefficient (Wildman–Crippen LogP) is 3.61. The van der Waals surface area contributed by atoms with Gasteiger partial charge in [0.25, 0.3) is 0 Å². The molecule has 1 fully saturated rings. The van der Waals surface area contributed by atoms with Gasteiger partial charge in [0.2, 0.25) is 0 Å². The van der Waals surface area contributed by atoms with E-state index >= 15 is 0 Å². The molecule has 0 aliphatic carbocycles. The molecule has 0 spiro atoms. The summed E-state index contributed by atoms with van der Waals surface area (Å²) in [6.45, 7) is 12.4. The Labute approximate surface area is 152 Å². The number of guanidine groups is 1. The minimum atomic E-state index is 0.362. The first-order valence-corrected chi connectivity index (χ1v) is 9.57. The lowest BCUT2D eigenvalue weighted by Crippen LogP contribution is -2.43. The van der Waals surface area contributed by atoms with Crippen molar-refractivity contribution < 1.29 is 9.15 Å². The summed E-state index contributed by atoms with van der Waals surface area (Å²) in [5, 5.41) is 7.01. The van der Waals surface area contributed by atoms with E-state index < -0.39 is 0 Å². The molecule has 0 aromatic carbocycles. The third-order valence-corrected chi connectivity index (χ3v) is 4.49. The van der Waals surface area contributed by atoms with Gasteiger partial charge in [0.05, 0.1) is 12.9 Å². The quantitative estimate of drug-likeness (QED) is 0.556. The summed E-state index contributed by atoms with van der Waals surface area (Å²) in [6, 6.07) is 4.33. The van der Waals surface area contributed by atoms with Gasteiger partial charge in [-0.25, -0.2) is 0 Å². The summed E-state index contributed by atoms with van der Waals surface area (Å²) < 4.78 is 10.9. The molecule has 25 heavy (non-hydrogen) atoms. The van der Waals surface area contributed by atoms with Crippen LogP contribution in [-0.4, -0.2) is 38.3 Å². The average Bonchev–Trinajstić information content (AvgIpc) is 3.23. The number of furan rings is 1. The van der Waals surface area contributed by atoms with Crippen LogP contribution in [0.3, 0.4) is 0 Å². The molecule has 0 bridgehead atoms. The van der Waals surface area contributed by atoms with E-state index in [4.69, 9.17) is 14.1 Å². The van der Waals surface area contributed by atoms with Crippen molar-refractivity contribution in [2.45, 2.75) is 59.4 Å². The fraction of sp³-hybridized carbons (Fsp3) is 0.750. The molecule has 1 saturated heterocycles. The first kappa shape index (κ1) is 19.8. The molecule has 2 N–H and O–H groups in total. The zero-order chi connectivity index (χ0) is 18.1. The Morgan fingerprint density at radius 2 is 2.24 bits per heavy atom. The maximum atomic E-state index is 5.45. The predicted molar refractivity (Wildman–Crippen MR) is 103 cm³/mol. The van der Waals surface area contributed by atoms with Crippen LogP contribution in [0.5, 0.6) is 0 Å². The van der Waals surface area contributed by atoms with Gasteiger partial charge in [0.15, 0.2) is 5.96 Å². The number of rotatable bonds is 8. The van der Waals surface area contributed by atoms with E-state index in [0.29, 0.717) is 17.4 Å². The monoisotopic (exact) mass is 349 g/mol. The number of aliphatic imine (C=N–C) groups is 1. The van der Waals surface area contributed by atoms with Crippen molar-refractivity contribution in [3.05, 3.63) is 24.2 Å². The fourth-order valence-electron chi connectivity index (χ4n) is 2.81. The highest BCUT2D eigenvalue weighted by Crippen LogP contribution is 2.21. The third kappa shape index (κ3) is 8.43. The van der Waals surface area contributed by atoms with Gasteiger partial charge in [-0.05, 0) is 43.7 Å². The highest BCUT2D eigenvalue weighted by Gasteiger charge is 2.16. The van der Waals surface area contributed by atoms with Gasteiger partial charge in [-0.3, -0.25) is 4.99 Å². The van der Waals surface area contributed by atoms with Crippen LogP contribution >= 0.6 is 0 Å². The van der Waals surface area contributed by atoms with Gasteiger partial charge >= 0.3 is 0 Å². The summed E-state index contributed by atoms with van der Waals surface area (Å²) in [5.41, 5.74) is 0.362. The second kappa shape index (κ2) is 9.85. The summed E-state index contributed by atoms with van der Waals surface area (Å²) in [4.78, 5) is 4.79. The van der Waals surface area contributed by atoms with Gasteiger partial charge in [0.1, 0.15) is 5.76 Å². The van der Waals surface area contributed by atoms with Gasteiger partial charge in [-0.2, -0.15) is 0 Å². The Kier molecular flexibility index (Phi) is 7.82. The summed E-state index contributed by atoms with van der Waals surface area (Å²) in [6.07, 6.45) is 6.02. The number of hydrogen-bond donors (Lipinski definition) is 2. The Balaban J connectivity index is 1.82. The number of nitrogens with zero attached hydrogens (tertiary/aromatic N) is 1. The number of ether oxygens (including phenoxy) is 1. The molecule has 0 amide bonds. The van der Waals surface area contributed by atoms with Crippen molar-refractivity contribution in [3.63, 3.8) is 0 Å². The van der Waals surface area contributed by atoms with Crippen LogP contribution < -0.4 is 10.6 Å². The molecule has 2 atom stereocenters. The lowest BCUT2D eigenvalue weighted by Gasteiger charge is -2.23. The highest BCUT2D eigenvalue weighted by molar-refractivity contribution is 5.80. The van der Waals surface area contributed by atoms with E-state index in [9.17, 15) is 0 Å². The second-order valence-electron chi connectivity index (χ2n) is 8.32. The van der Waals surface area contributed by atoms with E-state index in [1.165, 1.54) is 6.42 Å². The van der Waals surface area contributed by atoms with Crippen LogP contribution in [0.2, 0.25) is 0 Å². The van der Waals surface area contributed by atoms with E-state index in [1.807, 2.05) is 12.1 Å². The first-order valence-electron chi connectivity index (χ1n) is 9.57. The Bertz CT molecular complexity index is 500. The van der Waals surface area contributed by atoms with E-state index in [-0.39, 0.29) is 0 Å². The van der Waals surface area contributed by atoms with Crippen molar-refractivity contribution in [1.29, 1.82) is 0 Å². The van der Waals surface area contributed by atoms with Crippen molar-refractivity contribution in [2.24, 2.45) is 16.3 Å². The van der Waals surface area contributed by atoms with Crippen molar-refractivity contribution in [1.82, 2.24) is 10.6 Å². The smallest absolute Gasteiger partial charge is 0.191 e. The first-order chi connectivity index (χ1) is 11.9. The standard InChI is InChI=1S/C20H35N3O2/c1-16(7-10-20(2,3)4)23-19(22-14-17-9-13-24-15-17)21-11-8-18-6-5-12-25-18/h5-6,12,16-17H,7-11,13-15H2,1-4H3,(H2,21,22,23). The Hall–Kier alpha value is -1.49. The Morgan fingerprint density at radius 3 is 2.88 bits per heavy atom. The normalized spacial score (nSPS) is 19.8. The minimum Gasteiger partial charge on any atom is -0.469 e. The van der Waals surface area contributed by atoms with Gasteiger partial charge in [-0.15, -0.1) is 0 Å². The molecule has 1 aromatic heterocycles. The molecule has 1 aliphatic heterocycles. The topological polar surface area (TPSA) is 58.8 Å². The third-order valence-electron chi connectivity index (χ3n) is 4.49. The van der Waals surface area contributed by atoms with Crippen LogP contribution in [-0.2, 0) is 11.2 Å². The summed E-state index contributed by atoms with van der Waals surface area (Å²) >= 11 is 0. The maximum absolute atomic E-state index is 5.45. The molecule has 5 nitrogen and oxygen atoms in total. The van der Waals surface area contributed by atoms with E-state index in [2.05, 4.69) is 38.3 Å². The second-order valence-corrected chi connectivity index (χ2v) is 8.32. The van der Waals surface area contributed by atoms with Gasteiger partial charge in [0, 0.05) is 38.1 Å². The van der Waals surface area contributed by atoms with Gasteiger partial charge < -0.3 is 19.8 Å². The van der Waals surface area contributed by atoms with E-state index in [0.717, 1.165) is 57.3 Å². The molecule has 0 saturated carbocycles. The molecule has 1 aromatic rings. The molecule has 0 radical (unpaired) electrons. The molecule has 142 valence electrons. The molecule has 1 aliphatic rings. The van der Waals surface area contributed by atoms with Crippen LogP contribution in [0.4, 0.5) is 0 Å². The van der Waals surface area contributed by atoms with E-state index in [1.54, 1.807) is 6.26 Å². The molecule has 2 unspecified atom stereocenters. The molecule has 5 heteroatoms. The number of hydrogen-bond acceptors (Lipinski definition) is 3. The van der Waals surface area contributed by atoms with Gasteiger partial charge in [-0.1, -0.05) is 20.8 Å². The fourth-order valence-corrected chi connectivity index (χ4v) is 2.81. The Morgan fingerprint density at radius 1 is 1.40 bits per heavy atom. The van der Waals surface area contributed by atoms with Crippen LogP contribution in [0.1, 0.15) is 52.7 Å². The summed E-state index contributed by atoms with van der Waals surface area (Å²) in [5.74, 6) is 2.45. The highest BCUT2D eigenvalue weighted by atomic mass is 16.5. The number of nitrogens with one attached hydrogen (secondary N) is 2. The largest absolute Gasteiger partial charge is 0.469 e. The summed E-state index contributed by atoms with van der Waals surface area (Å²) in [7, 11) is 0. The zero-order valence-electron chi connectivity index (χ0n) is 16.3. The SMILES string of the molecule is CC(CCC(C)(C)C)NC(=NCC1CCOC1)NCCc1ccco1. The average molecular weight is 350 g/mol. The maximum Gasteiger partial charge on any atom is 0.191 e. The van der Waals surface area contributed by atoms with Crippen LogP contribution in [0.15, 0.2) is 27.8 Å². The van der Waals surface area contributed by atoms with Crippen LogP contribution in [0.25, 0.3) is 0 Å².